The van der Waals surface area contributed by atoms with Gasteiger partial charge in [-0.2, -0.15) is 0 Å². The van der Waals surface area contributed by atoms with Crippen LogP contribution < -0.4 is 4.72 Å². The molecule has 0 amide bonds. The van der Waals surface area contributed by atoms with Gasteiger partial charge >= 0.3 is 0 Å². The zero-order chi connectivity index (χ0) is 11.5. The quantitative estimate of drug-likeness (QED) is 0.821. The fourth-order valence-corrected chi connectivity index (χ4v) is 2.37. The van der Waals surface area contributed by atoms with Crippen molar-refractivity contribution in [2.45, 2.75) is 31.2 Å². The number of phenolic OH excluding ortho intramolecular Hbond substituents is 1. The summed E-state index contributed by atoms with van der Waals surface area (Å²) in [7, 11) is -3.45. The summed E-state index contributed by atoms with van der Waals surface area (Å²) in [5.74, 6) is 0.0532. The second-order valence-corrected chi connectivity index (χ2v) is 5.14. The second kappa shape index (κ2) is 4.63. The Balaban J connectivity index is 2.91. The van der Waals surface area contributed by atoms with Crippen LogP contribution in [-0.4, -0.2) is 19.6 Å². The lowest BCUT2D eigenvalue weighted by Gasteiger charge is -2.11. The van der Waals surface area contributed by atoms with E-state index in [1.165, 1.54) is 24.3 Å². The van der Waals surface area contributed by atoms with Gasteiger partial charge in [-0.25, -0.2) is 13.1 Å². The molecule has 15 heavy (non-hydrogen) atoms. The highest BCUT2D eigenvalue weighted by atomic mass is 32.2. The van der Waals surface area contributed by atoms with Gasteiger partial charge in [0.1, 0.15) is 5.75 Å². The largest absolute Gasteiger partial charge is 0.508 e. The summed E-state index contributed by atoms with van der Waals surface area (Å²) >= 11 is 0. The van der Waals surface area contributed by atoms with Crippen molar-refractivity contribution in [3.63, 3.8) is 0 Å². The molecular formula is C10H15NO3S. The number of aromatic hydroxyl groups is 1. The Morgan fingerprint density at radius 3 is 2.33 bits per heavy atom. The van der Waals surface area contributed by atoms with Gasteiger partial charge in [0.05, 0.1) is 4.90 Å². The Morgan fingerprint density at radius 2 is 1.87 bits per heavy atom. The van der Waals surface area contributed by atoms with Crippen LogP contribution in [0.2, 0.25) is 0 Å². The van der Waals surface area contributed by atoms with Gasteiger partial charge in [-0.15, -0.1) is 0 Å². The molecule has 1 atom stereocenters. The molecule has 84 valence electrons. The number of phenols is 1. The highest BCUT2D eigenvalue weighted by Gasteiger charge is 2.15. The van der Waals surface area contributed by atoms with Gasteiger partial charge in [0.2, 0.25) is 10.0 Å². The van der Waals surface area contributed by atoms with Gasteiger partial charge in [0.25, 0.3) is 0 Å². The van der Waals surface area contributed by atoms with Crippen LogP contribution >= 0.6 is 0 Å². The number of hydrogen-bond acceptors (Lipinski definition) is 3. The van der Waals surface area contributed by atoms with Gasteiger partial charge in [0.15, 0.2) is 0 Å². The molecule has 1 rings (SSSR count). The number of nitrogens with one attached hydrogen (secondary N) is 1. The molecule has 0 fully saturated rings. The van der Waals surface area contributed by atoms with Crippen LogP contribution in [0, 0.1) is 0 Å². The van der Waals surface area contributed by atoms with Gasteiger partial charge in [0, 0.05) is 6.04 Å². The van der Waals surface area contributed by atoms with E-state index in [1.54, 1.807) is 6.92 Å². The Labute approximate surface area is 90.0 Å². The van der Waals surface area contributed by atoms with Gasteiger partial charge in [-0.1, -0.05) is 6.92 Å². The zero-order valence-corrected chi connectivity index (χ0v) is 9.58. The summed E-state index contributed by atoms with van der Waals surface area (Å²) in [6, 6.07) is 5.36. The third-order valence-corrected chi connectivity index (χ3v) is 3.72. The number of hydrogen-bond donors (Lipinski definition) is 2. The molecule has 0 aliphatic rings. The van der Waals surface area contributed by atoms with Crippen molar-refractivity contribution in [2.75, 3.05) is 0 Å². The Bertz CT molecular complexity index is 411. The van der Waals surface area contributed by atoms with E-state index in [0.29, 0.717) is 0 Å². The van der Waals surface area contributed by atoms with Crippen molar-refractivity contribution in [1.82, 2.24) is 4.72 Å². The van der Waals surface area contributed by atoms with Crippen LogP contribution in [0.25, 0.3) is 0 Å². The minimum atomic E-state index is -3.45. The van der Waals surface area contributed by atoms with E-state index in [0.717, 1.165) is 6.42 Å². The molecule has 0 radical (unpaired) electrons. The molecule has 1 aromatic rings. The molecule has 0 heterocycles. The molecule has 0 bridgehead atoms. The normalized spacial score (nSPS) is 13.7. The van der Waals surface area contributed by atoms with E-state index >= 15 is 0 Å². The van der Waals surface area contributed by atoms with E-state index in [9.17, 15) is 8.42 Å². The fourth-order valence-electron chi connectivity index (χ4n) is 1.04. The molecule has 0 aliphatic heterocycles. The van der Waals surface area contributed by atoms with E-state index < -0.39 is 10.0 Å². The molecule has 0 saturated heterocycles. The third kappa shape index (κ3) is 3.21. The molecule has 2 N–H and O–H groups in total. The summed E-state index contributed by atoms with van der Waals surface area (Å²) in [5, 5.41) is 9.04. The predicted molar refractivity (Wildman–Crippen MR) is 58.2 cm³/mol. The first kappa shape index (κ1) is 12.0. The van der Waals surface area contributed by atoms with Crippen LogP contribution in [-0.2, 0) is 10.0 Å². The maximum atomic E-state index is 11.7. The van der Waals surface area contributed by atoms with Crippen molar-refractivity contribution in [1.29, 1.82) is 0 Å². The molecule has 0 spiro atoms. The van der Waals surface area contributed by atoms with Crippen LogP contribution in [0.3, 0.4) is 0 Å². The fraction of sp³-hybridized carbons (Fsp3) is 0.400. The van der Waals surface area contributed by atoms with Crippen molar-refractivity contribution in [2.24, 2.45) is 0 Å². The standard InChI is InChI=1S/C10H15NO3S/c1-3-8(2)11-15(13,14)10-6-4-9(12)5-7-10/h4-8,11-12H,3H2,1-2H3. The van der Waals surface area contributed by atoms with Crippen molar-refractivity contribution < 1.29 is 13.5 Å². The number of benzene rings is 1. The van der Waals surface area contributed by atoms with Crippen LogP contribution in [0.15, 0.2) is 29.2 Å². The Hall–Kier alpha value is -1.07. The first-order valence-corrected chi connectivity index (χ1v) is 6.25. The highest BCUT2D eigenvalue weighted by Crippen LogP contribution is 2.14. The molecular weight excluding hydrogens is 214 g/mol. The van der Waals surface area contributed by atoms with Crippen LogP contribution in [0.1, 0.15) is 20.3 Å². The topological polar surface area (TPSA) is 66.4 Å². The second-order valence-electron chi connectivity index (χ2n) is 3.42. The predicted octanol–water partition coefficient (Wildman–Crippen LogP) is 1.47. The monoisotopic (exact) mass is 229 g/mol. The minimum absolute atomic E-state index is 0.0532. The molecule has 5 heteroatoms. The first-order chi connectivity index (χ1) is 6.95. The lowest BCUT2D eigenvalue weighted by Crippen LogP contribution is -2.31. The van der Waals surface area contributed by atoms with Crippen molar-refractivity contribution in [3.8, 4) is 5.75 Å². The highest BCUT2D eigenvalue weighted by molar-refractivity contribution is 7.89. The lowest BCUT2D eigenvalue weighted by atomic mass is 10.3. The average Bonchev–Trinajstić information content (AvgIpc) is 2.17. The Morgan fingerprint density at radius 1 is 1.33 bits per heavy atom. The summed E-state index contributed by atoms with van der Waals surface area (Å²) in [4.78, 5) is 0.167. The van der Waals surface area contributed by atoms with E-state index in [4.69, 9.17) is 5.11 Å². The van der Waals surface area contributed by atoms with Crippen molar-refractivity contribution >= 4 is 10.0 Å². The van der Waals surface area contributed by atoms with E-state index in [2.05, 4.69) is 4.72 Å². The number of sulfonamides is 1. The number of rotatable bonds is 4. The molecule has 1 aromatic carbocycles. The average molecular weight is 229 g/mol. The molecule has 0 aliphatic carbocycles. The minimum Gasteiger partial charge on any atom is -0.508 e. The molecule has 0 saturated carbocycles. The smallest absolute Gasteiger partial charge is 0.240 e. The van der Waals surface area contributed by atoms with Crippen LogP contribution in [0.4, 0.5) is 0 Å². The summed E-state index contributed by atoms with van der Waals surface area (Å²) in [6.07, 6.45) is 0.733. The van der Waals surface area contributed by atoms with Crippen molar-refractivity contribution in [3.05, 3.63) is 24.3 Å². The summed E-state index contributed by atoms with van der Waals surface area (Å²) < 4.78 is 26.0. The Kier molecular flexibility index (Phi) is 3.71. The zero-order valence-electron chi connectivity index (χ0n) is 8.77. The third-order valence-electron chi connectivity index (χ3n) is 2.12. The molecule has 0 aromatic heterocycles. The summed E-state index contributed by atoms with van der Waals surface area (Å²) in [6.45, 7) is 3.71. The van der Waals surface area contributed by atoms with Gasteiger partial charge < -0.3 is 5.11 Å². The SMILES string of the molecule is CCC(C)NS(=O)(=O)c1ccc(O)cc1. The van der Waals surface area contributed by atoms with Crippen LogP contribution in [0.5, 0.6) is 5.75 Å². The molecule has 1 unspecified atom stereocenters. The van der Waals surface area contributed by atoms with Gasteiger partial charge in [-0.05, 0) is 37.6 Å². The lowest BCUT2D eigenvalue weighted by molar-refractivity contribution is 0.474. The maximum absolute atomic E-state index is 11.7. The maximum Gasteiger partial charge on any atom is 0.240 e. The first-order valence-electron chi connectivity index (χ1n) is 4.77. The van der Waals surface area contributed by atoms with Gasteiger partial charge in [-0.3, -0.25) is 0 Å². The summed E-state index contributed by atoms with van der Waals surface area (Å²) in [5.41, 5.74) is 0. The van der Waals surface area contributed by atoms with E-state index in [-0.39, 0.29) is 16.7 Å². The molecule has 4 nitrogen and oxygen atoms in total. The van der Waals surface area contributed by atoms with E-state index in [1.807, 2.05) is 6.92 Å².